The van der Waals surface area contributed by atoms with E-state index >= 15 is 0 Å². The number of aryl methyl sites for hydroxylation is 1. The maximum Gasteiger partial charge on any atom is 0.257 e. The summed E-state index contributed by atoms with van der Waals surface area (Å²) in [7, 11) is 1.79. The fourth-order valence-corrected chi connectivity index (χ4v) is 3.07. The minimum atomic E-state index is -0.0187. The van der Waals surface area contributed by atoms with Gasteiger partial charge in [0.2, 0.25) is 0 Å². The van der Waals surface area contributed by atoms with Crippen molar-refractivity contribution < 1.29 is 4.79 Å². The number of benzene rings is 1. The molecule has 104 valence electrons. The van der Waals surface area contributed by atoms with Gasteiger partial charge >= 0.3 is 0 Å². The van der Waals surface area contributed by atoms with E-state index in [1.807, 2.05) is 6.07 Å². The molecule has 4 nitrogen and oxygen atoms in total. The highest BCUT2D eigenvalue weighted by atomic mass is 35.5. The lowest BCUT2D eigenvalue weighted by atomic mass is 9.99. The molecule has 0 radical (unpaired) electrons. The Kier molecular flexibility index (Phi) is 3.44. The van der Waals surface area contributed by atoms with Gasteiger partial charge < -0.3 is 4.90 Å². The van der Waals surface area contributed by atoms with Crippen molar-refractivity contribution in [3.8, 4) is 0 Å². The van der Waals surface area contributed by atoms with Gasteiger partial charge in [-0.05, 0) is 29.7 Å². The van der Waals surface area contributed by atoms with E-state index in [9.17, 15) is 4.79 Å². The minimum Gasteiger partial charge on any atom is -0.334 e. The second-order valence-corrected chi connectivity index (χ2v) is 5.75. The molecule has 0 saturated carbocycles. The Hall–Kier alpha value is -1.52. The van der Waals surface area contributed by atoms with Crippen LogP contribution in [0.3, 0.4) is 0 Å². The summed E-state index contributed by atoms with van der Waals surface area (Å²) in [4.78, 5) is 14.2. The number of hydrogen-bond acceptors (Lipinski definition) is 2. The van der Waals surface area contributed by atoms with E-state index in [4.69, 9.17) is 23.2 Å². The number of aromatic nitrogens is 2. The van der Waals surface area contributed by atoms with Crippen molar-refractivity contribution in [1.82, 2.24) is 14.7 Å². The zero-order valence-corrected chi connectivity index (χ0v) is 12.4. The lowest BCUT2D eigenvalue weighted by Crippen LogP contribution is -2.36. The predicted octanol–water partition coefficient (Wildman–Crippen LogP) is 2.93. The smallest absolute Gasteiger partial charge is 0.257 e. The lowest BCUT2D eigenvalue weighted by molar-refractivity contribution is 0.0734. The van der Waals surface area contributed by atoms with Crippen LogP contribution in [-0.2, 0) is 20.0 Å². The van der Waals surface area contributed by atoms with E-state index < -0.39 is 0 Å². The summed E-state index contributed by atoms with van der Waals surface area (Å²) in [6.07, 6.45) is 4.07. The minimum absolute atomic E-state index is 0.0187. The van der Waals surface area contributed by atoms with Crippen LogP contribution in [0.15, 0.2) is 24.5 Å². The van der Waals surface area contributed by atoms with Gasteiger partial charge in [0.1, 0.15) is 0 Å². The van der Waals surface area contributed by atoms with E-state index in [1.54, 1.807) is 35.1 Å². The van der Waals surface area contributed by atoms with E-state index in [1.165, 1.54) is 0 Å². The highest BCUT2D eigenvalue weighted by molar-refractivity contribution is 6.35. The highest BCUT2D eigenvalue weighted by Gasteiger charge is 2.24. The molecule has 2 aromatic rings. The molecular weight excluding hydrogens is 297 g/mol. The molecule has 1 amide bonds. The lowest BCUT2D eigenvalue weighted by Gasteiger charge is -2.29. The number of fused-ring (bicyclic) bond motifs is 1. The van der Waals surface area contributed by atoms with Crippen molar-refractivity contribution in [2.45, 2.75) is 13.0 Å². The average Bonchev–Trinajstić information content (AvgIpc) is 2.84. The van der Waals surface area contributed by atoms with Gasteiger partial charge in [-0.2, -0.15) is 5.10 Å². The highest BCUT2D eigenvalue weighted by Crippen LogP contribution is 2.30. The zero-order chi connectivity index (χ0) is 14.3. The number of rotatable bonds is 1. The third-order valence-electron chi connectivity index (χ3n) is 3.49. The first-order valence-corrected chi connectivity index (χ1v) is 7.05. The summed E-state index contributed by atoms with van der Waals surface area (Å²) in [5, 5.41) is 5.29. The number of carbonyl (C=O) groups excluding carboxylic acids is 1. The maximum atomic E-state index is 12.4. The molecular formula is C14H13Cl2N3O. The Morgan fingerprint density at radius 2 is 2.15 bits per heavy atom. The second-order valence-electron chi connectivity index (χ2n) is 4.90. The summed E-state index contributed by atoms with van der Waals surface area (Å²) in [6.45, 7) is 1.18. The molecule has 0 bridgehead atoms. The number of nitrogens with zero attached hydrogens (tertiary/aromatic N) is 3. The molecule has 20 heavy (non-hydrogen) atoms. The molecule has 1 aromatic carbocycles. The van der Waals surface area contributed by atoms with Gasteiger partial charge in [-0.15, -0.1) is 0 Å². The third kappa shape index (κ3) is 2.41. The zero-order valence-electron chi connectivity index (χ0n) is 10.9. The van der Waals surface area contributed by atoms with Crippen LogP contribution in [0.5, 0.6) is 0 Å². The standard InChI is InChI=1S/C14H13Cl2N3O/c1-18-7-10(6-17-18)14(20)19-3-2-9-4-11(15)5-13(16)12(9)8-19/h4-7H,2-3,8H2,1H3. The monoisotopic (exact) mass is 309 g/mol. The third-order valence-corrected chi connectivity index (χ3v) is 4.05. The Morgan fingerprint density at radius 1 is 1.35 bits per heavy atom. The van der Waals surface area contributed by atoms with Gasteiger partial charge in [0.25, 0.3) is 5.91 Å². The quantitative estimate of drug-likeness (QED) is 0.812. The first-order valence-electron chi connectivity index (χ1n) is 6.29. The van der Waals surface area contributed by atoms with E-state index in [0.717, 1.165) is 17.5 Å². The van der Waals surface area contributed by atoms with Crippen LogP contribution in [0.2, 0.25) is 10.0 Å². The number of carbonyl (C=O) groups is 1. The molecule has 1 aromatic heterocycles. The molecule has 0 atom stereocenters. The molecule has 3 rings (SSSR count). The molecule has 1 aliphatic rings. The number of hydrogen-bond donors (Lipinski definition) is 0. The first kappa shape index (κ1) is 13.5. The van der Waals surface area contributed by atoms with Crippen LogP contribution in [0.1, 0.15) is 21.5 Å². The molecule has 2 heterocycles. The van der Waals surface area contributed by atoms with Crippen LogP contribution in [-0.4, -0.2) is 27.1 Å². The predicted molar refractivity (Wildman–Crippen MR) is 78.1 cm³/mol. The SMILES string of the molecule is Cn1cc(C(=O)N2CCc3cc(Cl)cc(Cl)c3C2)cn1. The Morgan fingerprint density at radius 3 is 2.85 bits per heavy atom. The summed E-state index contributed by atoms with van der Waals surface area (Å²) in [5.41, 5.74) is 2.71. The van der Waals surface area contributed by atoms with Crippen LogP contribution < -0.4 is 0 Å². The van der Waals surface area contributed by atoms with Crippen LogP contribution >= 0.6 is 23.2 Å². The maximum absolute atomic E-state index is 12.4. The molecule has 0 N–H and O–H groups in total. The topological polar surface area (TPSA) is 38.1 Å². The summed E-state index contributed by atoms with van der Waals surface area (Å²) in [6, 6.07) is 3.65. The van der Waals surface area contributed by atoms with Gasteiger partial charge in [-0.1, -0.05) is 23.2 Å². The van der Waals surface area contributed by atoms with Crippen molar-refractivity contribution in [3.63, 3.8) is 0 Å². The number of halogens is 2. The van der Waals surface area contributed by atoms with Crippen LogP contribution in [0.25, 0.3) is 0 Å². The molecule has 0 spiro atoms. The Balaban J connectivity index is 1.87. The fourth-order valence-electron chi connectivity index (χ4n) is 2.47. The van der Waals surface area contributed by atoms with Crippen molar-refractivity contribution in [1.29, 1.82) is 0 Å². The van der Waals surface area contributed by atoms with E-state index in [0.29, 0.717) is 28.7 Å². The Labute approximate surface area is 126 Å². The van der Waals surface area contributed by atoms with Gasteiger partial charge in [0.15, 0.2) is 0 Å². The molecule has 6 heteroatoms. The van der Waals surface area contributed by atoms with Gasteiger partial charge in [0, 0.05) is 36.4 Å². The van der Waals surface area contributed by atoms with Crippen LogP contribution in [0, 0.1) is 0 Å². The molecule has 0 aliphatic carbocycles. The molecule has 0 fully saturated rings. The van der Waals surface area contributed by atoms with Crippen molar-refractivity contribution >= 4 is 29.1 Å². The first-order chi connectivity index (χ1) is 9.54. The fraction of sp³-hybridized carbons (Fsp3) is 0.286. The van der Waals surface area contributed by atoms with Crippen molar-refractivity contribution in [2.75, 3.05) is 6.54 Å². The second kappa shape index (κ2) is 5.11. The van der Waals surface area contributed by atoms with Crippen molar-refractivity contribution in [2.24, 2.45) is 7.05 Å². The summed E-state index contributed by atoms with van der Waals surface area (Å²) < 4.78 is 1.62. The van der Waals surface area contributed by atoms with Crippen molar-refractivity contribution in [3.05, 3.63) is 51.3 Å². The van der Waals surface area contributed by atoms with Crippen LogP contribution in [0.4, 0.5) is 0 Å². The van der Waals surface area contributed by atoms with Gasteiger partial charge in [0.05, 0.1) is 11.8 Å². The molecule has 0 saturated heterocycles. The number of amides is 1. The van der Waals surface area contributed by atoms with Gasteiger partial charge in [-0.25, -0.2) is 0 Å². The van der Waals surface area contributed by atoms with E-state index in [2.05, 4.69) is 5.10 Å². The summed E-state index contributed by atoms with van der Waals surface area (Å²) in [5.74, 6) is -0.0187. The normalized spacial score (nSPS) is 14.2. The van der Waals surface area contributed by atoms with E-state index in [-0.39, 0.29) is 5.91 Å². The largest absolute Gasteiger partial charge is 0.334 e. The average molecular weight is 310 g/mol. The Bertz CT molecular complexity index is 681. The summed E-state index contributed by atoms with van der Waals surface area (Å²) >= 11 is 12.2. The molecule has 1 aliphatic heterocycles. The molecule has 0 unspecified atom stereocenters. The van der Waals surface area contributed by atoms with Gasteiger partial charge in [-0.3, -0.25) is 9.48 Å².